The van der Waals surface area contributed by atoms with E-state index in [9.17, 15) is 9.18 Å². The molecule has 0 aromatic carbocycles. The molecule has 1 amide bonds. The number of aromatic amines is 1. The van der Waals surface area contributed by atoms with Crippen molar-refractivity contribution in [1.82, 2.24) is 49.8 Å². The zero-order chi connectivity index (χ0) is 26.5. The number of hydrogen-bond donors (Lipinski definition) is 3. The van der Waals surface area contributed by atoms with Gasteiger partial charge in [0, 0.05) is 36.8 Å². The highest BCUT2D eigenvalue weighted by molar-refractivity contribution is 5.97. The summed E-state index contributed by atoms with van der Waals surface area (Å²) in [4.78, 5) is 30.0. The number of pyridine rings is 1. The largest absolute Gasteiger partial charge is 0.326 e. The number of aryl methyl sites for hydroxylation is 1. The van der Waals surface area contributed by atoms with Crippen LogP contribution in [0.1, 0.15) is 42.7 Å². The second-order valence-electron chi connectivity index (χ2n) is 9.76. The van der Waals surface area contributed by atoms with Crippen LogP contribution in [0.15, 0.2) is 42.7 Å². The molecular weight excluding hydrogens is 505 g/mol. The van der Waals surface area contributed by atoms with Crippen molar-refractivity contribution in [2.45, 2.75) is 44.2 Å². The monoisotopic (exact) mass is 529 g/mol. The third-order valence-electron chi connectivity index (χ3n) is 6.92. The van der Waals surface area contributed by atoms with Crippen molar-refractivity contribution < 1.29 is 9.18 Å². The molecule has 0 spiro atoms. The number of amides is 1. The summed E-state index contributed by atoms with van der Waals surface area (Å²) in [7, 11) is 0. The van der Waals surface area contributed by atoms with E-state index in [1.165, 1.54) is 23.1 Å². The highest BCUT2D eigenvalue weighted by Gasteiger charge is 2.41. The lowest BCUT2D eigenvalue weighted by atomic mass is 10.1. The fourth-order valence-corrected chi connectivity index (χ4v) is 4.83. The van der Waals surface area contributed by atoms with Gasteiger partial charge < -0.3 is 15.5 Å². The number of tetrazole rings is 1. The molecule has 2 fully saturated rings. The Balaban J connectivity index is 1.23. The molecule has 198 valence electrons. The van der Waals surface area contributed by atoms with E-state index in [1.54, 1.807) is 6.92 Å². The van der Waals surface area contributed by atoms with Gasteiger partial charge in [0.2, 0.25) is 23.8 Å². The normalized spacial score (nSPS) is 19.1. The third kappa shape index (κ3) is 4.51. The molecule has 5 aromatic heterocycles. The number of nitrogens with zero attached hydrogens (tertiary/aromatic N) is 10. The van der Waals surface area contributed by atoms with Gasteiger partial charge in [-0.15, -0.1) is 10.2 Å². The number of H-pyrrole nitrogens is 1. The zero-order valence-corrected chi connectivity index (χ0v) is 20.9. The quantitative estimate of drug-likeness (QED) is 0.267. The summed E-state index contributed by atoms with van der Waals surface area (Å²) in [6.45, 7) is 2.13. The van der Waals surface area contributed by atoms with E-state index < -0.39 is 12.0 Å². The first kappa shape index (κ1) is 23.2. The predicted octanol–water partition coefficient (Wildman–Crippen LogP) is 2.36. The number of fused-ring (bicyclic) bond motifs is 1. The highest BCUT2D eigenvalue weighted by atomic mass is 19.1. The Morgan fingerprint density at radius 2 is 2.10 bits per heavy atom. The van der Waals surface area contributed by atoms with Crippen LogP contribution in [-0.2, 0) is 4.79 Å². The Kier molecular flexibility index (Phi) is 5.42. The molecule has 0 radical (unpaired) electrons. The van der Waals surface area contributed by atoms with Crippen LogP contribution in [0.2, 0.25) is 0 Å². The second-order valence-corrected chi connectivity index (χ2v) is 9.76. The average Bonchev–Trinajstić information content (AvgIpc) is 3.33. The minimum atomic E-state index is -0.663. The molecule has 1 aliphatic heterocycles. The SMILES string of the molecule is Cc1nnn([C@H]2C[C@@H](C(=O)Nc3ccc(F)nc3)N(c3nc(Nc4cc(C5CC5)[nH]n4)n4cccc4n3)C2)n1. The van der Waals surface area contributed by atoms with Gasteiger partial charge in [0.05, 0.1) is 17.9 Å². The van der Waals surface area contributed by atoms with Gasteiger partial charge in [0.15, 0.2) is 11.6 Å². The molecule has 1 saturated heterocycles. The van der Waals surface area contributed by atoms with Crippen LogP contribution < -0.4 is 15.5 Å². The van der Waals surface area contributed by atoms with Crippen molar-refractivity contribution in [2.24, 2.45) is 0 Å². The van der Waals surface area contributed by atoms with Gasteiger partial charge in [-0.1, -0.05) is 0 Å². The maximum atomic E-state index is 13.5. The van der Waals surface area contributed by atoms with E-state index in [4.69, 9.17) is 9.97 Å². The minimum absolute atomic E-state index is 0.247. The summed E-state index contributed by atoms with van der Waals surface area (Å²) in [5.74, 6) is 1.65. The van der Waals surface area contributed by atoms with E-state index in [-0.39, 0.29) is 11.9 Å². The van der Waals surface area contributed by atoms with Crippen molar-refractivity contribution in [3.05, 3.63) is 60.2 Å². The molecule has 0 unspecified atom stereocenters. The zero-order valence-electron chi connectivity index (χ0n) is 20.9. The molecule has 2 atom stereocenters. The van der Waals surface area contributed by atoms with Crippen LogP contribution in [0.3, 0.4) is 0 Å². The number of carbonyl (C=O) groups is 1. The summed E-state index contributed by atoms with van der Waals surface area (Å²) < 4.78 is 15.1. The Morgan fingerprint density at radius 3 is 2.87 bits per heavy atom. The summed E-state index contributed by atoms with van der Waals surface area (Å²) in [6, 6.07) is 7.48. The molecule has 1 aliphatic carbocycles. The number of aromatic nitrogens is 10. The summed E-state index contributed by atoms with van der Waals surface area (Å²) >= 11 is 0. The van der Waals surface area contributed by atoms with E-state index in [0.29, 0.717) is 53.8 Å². The lowest BCUT2D eigenvalue weighted by molar-refractivity contribution is -0.117. The molecule has 0 bridgehead atoms. The smallest absolute Gasteiger partial charge is 0.247 e. The molecule has 7 rings (SSSR count). The van der Waals surface area contributed by atoms with E-state index >= 15 is 0 Å². The molecule has 3 N–H and O–H groups in total. The first-order chi connectivity index (χ1) is 19.0. The van der Waals surface area contributed by atoms with Crippen molar-refractivity contribution in [3.8, 4) is 0 Å². The first-order valence-corrected chi connectivity index (χ1v) is 12.6. The number of hydrogen-bond acceptors (Lipinski definition) is 10. The van der Waals surface area contributed by atoms with Gasteiger partial charge in [-0.05, 0) is 49.2 Å². The van der Waals surface area contributed by atoms with Crippen LogP contribution in [0, 0.1) is 12.9 Å². The standard InChI is InChI=1S/C24H24FN13O/c1-13-31-35-38(34-13)16-9-18(22(39)27-15-6-7-19(25)26-11-15)37(12-16)24-29-21-3-2-8-36(21)23(30-24)28-20-10-17(32-33-20)14-4-5-14/h2-3,6-8,10-11,14,16,18H,4-5,9,12H2,1H3,(H,27,39)(H2,28,29,30,32,33)/t16-,18-/m0/s1. The number of nitrogens with one attached hydrogen (secondary N) is 3. The van der Waals surface area contributed by atoms with E-state index in [0.717, 1.165) is 18.5 Å². The molecule has 6 heterocycles. The van der Waals surface area contributed by atoms with Crippen molar-refractivity contribution >= 4 is 35.0 Å². The van der Waals surface area contributed by atoms with Crippen molar-refractivity contribution in [3.63, 3.8) is 0 Å². The summed E-state index contributed by atoms with van der Waals surface area (Å²) in [5, 5.41) is 26.1. The van der Waals surface area contributed by atoms with Crippen LogP contribution in [-0.4, -0.2) is 68.3 Å². The Morgan fingerprint density at radius 1 is 1.21 bits per heavy atom. The number of carbonyl (C=O) groups excluding carboxylic acids is 1. The molecule has 5 aromatic rings. The third-order valence-corrected chi connectivity index (χ3v) is 6.92. The van der Waals surface area contributed by atoms with Crippen LogP contribution in [0.25, 0.3) is 5.65 Å². The van der Waals surface area contributed by atoms with Gasteiger partial charge >= 0.3 is 0 Å². The Hall–Kier alpha value is -4.95. The first-order valence-electron chi connectivity index (χ1n) is 12.6. The minimum Gasteiger partial charge on any atom is -0.326 e. The lowest BCUT2D eigenvalue weighted by Crippen LogP contribution is -2.40. The molecule has 39 heavy (non-hydrogen) atoms. The Labute approximate surface area is 220 Å². The molecular formula is C24H24FN13O. The van der Waals surface area contributed by atoms with Crippen LogP contribution >= 0.6 is 0 Å². The molecule has 1 saturated carbocycles. The molecule has 2 aliphatic rings. The molecule has 15 heteroatoms. The average molecular weight is 530 g/mol. The van der Waals surface area contributed by atoms with Crippen molar-refractivity contribution in [2.75, 3.05) is 22.1 Å². The fraction of sp³-hybridized carbons (Fsp3) is 0.333. The maximum absolute atomic E-state index is 13.5. The van der Waals surface area contributed by atoms with Crippen LogP contribution in [0.4, 0.5) is 27.8 Å². The van der Waals surface area contributed by atoms with Crippen LogP contribution in [0.5, 0.6) is 0 Å². The van der Waals surface area contributed by atoms with Gasteiger partial charge in [-0.25, -0.2) is 4.98 Å². The predicted molar refractivity (Wildman–Crippen MR) is 137 cm³/mol. The van der Waals surface area contributed by atoms with Crippen molar-refractivity contribution in [1.29, 1.82) is 0 Å². The van der Waals surface area contributed by atoms with E-state index in [1.807, 2.05) is 33.7 Å². The number of halogens is 1. The topological polar surface area (TPSA) is 160 Å². The van der Waals surface area contributed by atoms with Gasteiger partial charge in [-0.2, -0.15) is 24.3 Å². The lowest BCUT2D eigenvalue weighted by Gasteiger charge is -2.24. The van der Waals surface area contributed by atoms with E-state index in [2.05, 4.69) is 41.2 Å². The maximum Gasteiger partial charge on any atom is 0.247 e. The second kappa shape index (κ2) is 9.11. The summed E-state index contributed by atoms with van der Waals surface area (Å²) in [6.07, 6.45) is 5.84. The number of rotatable bonds is 7. The number of anilines is 4. The highest BCUT2D eigenvalue weighted by Crippen LogP contribution is 2.39. The molecule has 14 nitrogen and oxygen atoms in total. The summed E-state index contributed by atoms with van der Waals surface area (Å²) in [5.41, 5.74) is 2.14. The van der Waals surface area contributed by atoms with Gasteiger partial charge in [0.1, 0.15) is 11.7 Å². The van der Waals surface area contributed by atoms with Gasteiger partial charge in [0.25, 0.3) is 0 Å². The van der Waals surface area contributed by atoms with Gasteiger partial charge in [-0.3, -0.25) is 14.3 Å². The Bertz CT molecular complexity index is 1650. The fourth-order valence-electron chi connectivity index (χ4n) is 4.83.